The Morgan fingerprint density at radius 3 is 2.44 bits per heavy atom. The van der Waals surface area contributed by atoms with E-state index >= 15 is 0 Å². The second-order valence-electron chi connectivity index (χ2n) is 7.95. The van der Waals surface area contributed by atoms with E-state index in [1.165, 1.54) is 12.1 Å². The molecule has 0 radical (unpaired) electrons. The molecule has 7 heteroatoms. The highest BCUT2D eigenvalue weighted by Crippen LogP contribution is 2.47. The number of benzene rings is 1. The molecule has 0 aliphatic carbocycles. The summed E-state index contributed by atoms with van der Waals surface area (Å²) in [5.74, 6) is -0.804. The van der Waals surface area contributed by atoms with Crippen LogP contribution in [0.25, 0.3) is 0 Å². The minimum Gasteiger partial charge on any atom is -0.351 e. The fourth-order valence-corrected chi connectivity index (χ4v) is 5.34. The number of likely N-dealkylation sites (tertiary alicyclic amines) is 1. The molecule has 0 N–H and O–H groups in total. The molecule has 1 aromatic heterocycles. The summed E-state index contributed by atoms with van der Waals surface area (Å²) in [6, 6.07) is 5.48. The summed E-state index contributed by atoms with van der Waals surface area (Å²) in [6.07, 6.45) is 2.09. The molecule has 0 spiro atoms. The number of aromatic nitrogens is 1. The predicted octanol–water partition coefficient (Wildman–Crippen LogP) is 2.96. The highest BCUT2D eigenvalue weighted by Gasteiger charge is 2.55. The van der Waals surface area contributed by atoms with Crippen molar-refractivity contribution in [3.8, 4) is 0 Å². The predicted molar refractivity (Wildman–Crippen MR) is 93.2 cm³/mol. The Hall–Kier alpha value is -2.28. The third-order valence-corrected chi connectivity index (χ3v) is 6.41. The number of amides is 1. The molecule has 4 fully saturated rings. The number of nitrogens with zero attached hydrogens (tertiary/aromatic N) is 3. The standard InChI is InChI=1S/C20H21F2N3O2/c1-11-6-17(27-23-11)20(26)25-10-16(13-7-14(21)9-15(22)8-13)19-18(25)12-2-4-24(19)5-3-12/h6-9,12,16,18-19H,2-5,10H2,1H3/t16-,18+,19+/m0/s1. The van der Waals surface area contributed by atoms with E-state index in [1.54, 1.807) is 13.0 Å². The summed E-state index contributed by atoms with van der Waals surface area (Å²) in [6.45, 7) is 4.16. The lowest BCUT2D eigenvalue weighted by molar-refractivity contribution is -0.00454. The molecule has 5 heterocycles. The van der Waals surface area contributed by atoms with Crippen LogP contribution >= 0.6 is 0 Å². The maximum absolute atomic E-state index is 13.9. The van der Waals surface area contributed by atoms with E-state index in [4.69, 9.17) is 4.52 Å². The van der Waals surface area contributed by atoms with Gasteiger partial charge in [0.1, 0.15) is 11.6 Å². The molecule has 0 saturated carbocycles. The van der Waals surface area contributed by atoms with Crippen molar-refractivity contribution in [3.05, 3.63) is 52.9 Å². The van der Waals surface area contributed by atoms with Crippen LogP contribution in [0, 0.1) is 24.5 Å². The third kappa shape index (κ3) is 2.67. The highest BCUT2D eigenvalue weighted by atomic mass is 19.1. The van der Waals surface area contributed by atoms with Crippen LogP contribution in [-0.2, 0) is 0 Å². The van der Waals surface area contributed by atoms with Crippen molar-refractivity contribution in [1.29, 1.82) is 0 Å². The smallest absolute Gasteiger partial charge is 0.292 e. The van der Waals surface area contributed by atoms with Crippen LogP contribution in [0.4, 0.5) is 8.78 Å². The molecule has 1 aromatic carbocycles. The van der Waals surface area contributed by atoms with Gasteiger partial charge in [0, 0.05) is 30.6 Å². The van der Waals surface area contributed by atoms with Crippen LogP contribution in [0.5, 0.6) is 0 Å². The maximum atomic E-state index is 13.9. The molecular weight excluding hydrogens is 352 g/mol. The average Bonchev–Trinajstić information content (AvgIpc) is 3.26. The van der Waals surface area contributed by atoms with Crippen molar-refractivity contribution in [2.45, 2.75) is 37.8 Å². The van der Waals surface area contributed by atoms with E-state index in [9.17, 15) is 13.6 Å². The normalized spacial score (nSPS) is 32.0. The summed E-state index contributed by atoms with van der Waals surface area (Å²) < 4.78 is 32.9. The number of piperidine rings is 3. The second-order valence-corrected chi connectivity index (χ2v) is 7.95. The van der Waals surface area contributed by atoms with Crippen molar-refractivity contribution in [1.82, 2.24) is 15.0 Å². The van der Waals surface area contributed by atoms with E-state index in [0.29, 0.717) is 23.7 Å². The van der Waals surface area contributed by atoms with Crippen LogP contribution in [0.3, 0.4) is 0 Å². The monoisotopic (exact) mass is 373 g/mol. The number of fused-ring (bicyclic) bond motifs is 2. The summed E-state index contributed by atoms with van der Waals surface area (Å²) >= 11 is 0. The molecule has 1 amide bonds. The number of hydrogen-bond acceptors (Lipinski definition) is 4. The summed E-state index contributed by atoms with van der Waals surface area (Å²) in [4.78, 5) is 17.4. The zero-order valence-corrected chi connectivity index (χ0v) is 15.1. The van der Waals surface area contributed by atoms with Gasteiger partial charge in [0.15, 0.2) is 0 Å². The van der Waals surface area contributed by atoms with E-state index in [0.717, 1.165) is 32.0 Å². The molecule has 2 bridgehead atoms. The van der Waals surface area contributed by atoms with Gasteiger partial charge in [0.25, 0.3) is 5.91 Å². The Kier molecular flexibility index (Phi) is 3.82. The zero-order valence-electron chi connectivity index (χ0n) is 15.1. The lowest BCUT2D eigenvalue weighted by atomic mass is 9.75. The molecule has 2 aromatic rings. The number of rotatable bonds is 2. The van der Waals surface area contributed by atoms with Crippen molar-refractivity contribution < 1.29 is 18.1 Å². The Bertz CT molecular complexity index is 871. The first-order valence-corrected chi connectivity index (χ1v) is 9.45. The van der Waals surface area contributed by atoms with Gasteiger partial charge >= 0.3 is 0 Å². The number of hydrogen-bond donors (Lipinski definition) is 0. The quantitative estimate of drug-likeness (QED) is 0.812. The Labute approximate surface area is 155 Å². The lowest BCUT2D eigenvalue weighted by Gasteiger charge is -2.51. The van der Waals surface area contributed by atoms with Gasteiger partial charge < -0.3 is 9.42 Å². The van der Waals surface area contributed by atoms with Crippen LogP contribution in [-0.4, -0.2) is 52.6 Å². The number of halogens is 2. The van der Waals surface area contributed by atoms with Gasteiger partial charge in [0.2, 0.25) is 5.76 Å². The molecule has 142 valence electrons. The first-order chi connectivity index (χ1) is 13.0. The van der Waals surface area contributed by atoms with Gasteiger partial charge in [-0.2, -0.15) is 0 Å². The van der Waals surface area contributed by atoms with Crippen molar-refractivity contribution >= 4 is 5.91 Å². The van der Waals surface area contributed by atoms with Crippen molar-refractivity contribution in [3.63, 3.8) is 0 Å². The maximum Gasteiger partial charge on any atom is 0.292 e. The Morgan fingerprint density at radius 2 is 1.81 bits per heavy atom. The number of carbonyl (C=O) groups is 1. The molecule has 0 unspecified atom stereocenters. The summed E-state index contributed by atoms with van der Waals surface area (Å²) in [7, 11) is 0. The SMILES string of the molecule is Cc1cc(C(=O)N2C[C@@H](c3cc(F)cc(F)c3)[C@@H]3[C@H]2C2CCN3CC2)on1. The largest absolute Gasteiger partial charge is 0.351 e. The summed E-state index contributed by atoms with van der Waals surface area (Å²) in [5.41, 5.74) is 1.28. The average molecular weight is 373 g/mol. The molecule has 3 atom stereocenters. The van der Waals surface area contributed by atoms with Gasteiger partial charge in [-0.1, -0.05) is 5.16 Å². The fraction of sp³-hybridized carbons (Fsp3) is 0.500. The van der Waals surface area contributed by atoms with Gasteiger partial charge in [-0.3, -0.25) is 9.69 Å². The lowest BCUT2D eigenvalue weighted by Crippen LogP contribution is -2.60. The van der Waals surface area contributed by atoms with E-state index in [-0.39, 0.29) is 29.7 Å². The Morgan fingerprint density at radius 1 is 1.11 bits per heavy atom. The summed E-state index contributed by atoms with van der Waals surface area (Å²) in [5, 5.41) is 3.83. The first kappa shape index (κ1) is 16.9. The number of aryl methyl sites for hydroxylation is 1. The van der Waals surface area contributed by atoms with Crippen molar-refractivity contribution in [2.75, 3.05) is 19.6 Å². The zero-order chi connectivity index (χ0) is 18.7. The van der Waals surface area contributed by atoms with Gasteiger partial charge in [-0.15, -0.1) is 0 Å². The Balaban J connectivity index is 1.54. The van der Waals surface area contributed by atoms with Gasteiger partial charge in [0.05, 0.1) is 11.7 Å². The number of carbonyl (C=O) groups excluding carboxylic acids is 1. The van der Waals surface area contributed by atoms with Crippen LogP contribution in [0.1, 0.15) is 40.6 Å². The molecule has 6 rings (SSSR count). The third-order valence-electron chi connectivity index (χ3n) is 6.41. The van der Waals surface area contributed by atoms with E-state index in [2.05, 4.69) is 10.1 Å². The molecular formula is C20H21F2N3O2. The molecule has 4 aliphatic rings. The first-order valence-electron chi connectivity index (χ1n) is 9.45. The van der Waals surface area contributed by atoms with Crippen LogP contribution < -0.4 is 0 Å². The molecule has 4 saturated heterocycles. The highest BCUT2D eigenvalue weighted by molar-refractivity contribution is 5.92. The van der Waals surface area contributed by atoms with Crippen LogP contribution in [0.15, 0.2) is 28.8 Å². The van der Waals surface area contributed by atoms with E-state index < -0.39 is 11.6 Å². The molecule has 4 aliphatic heterocycles. The van der Waals surface area contributed by atoms with Crippen LogP contribution in [0.2, 0.25) is 0 Å². The minimum absolute atomic E-state index is 0.0433. The van der Waals surface area contributed by atoms with Gasteiger partial charge in [-0.25, -0.2) is 8.78 Å². The van der Waals surface area contributed by atoms with Gasteiger partial charge in [-0.05, 0) is 56.5 Å². The fourth-order valence-electron chi connectivity index (χ4n) is 5.34. The minimum atomic E-state index is -0.576. The second kappa shape index (κ2) is 6.12. The van der Waals surface area contributed by atoms with E-state index in [1.807, 2.05) is 4.90 Å². The molecule has 27 heavy (non-hydrogen) atoms. The van der Waals surface area contributed by atoms with Crippen molar-refractivity contribution in [2.24, 2.45) is 5.92 Å². The topological polar surface area (TPSA) is 49.6 Å². The molecule has 5 nitrogen and oxygen atoms in total.